The lowest BCUT2D eigenvalue weighted by Gasteiger charge is -2.15. The van der Waals surface area contributed by atoms with Crippen LogP contribution in [0.5, 0.6) is 0 Å². The third kappa shape index (κ3) is 3.57. The third-order valence-electron chi connectivity index (χ3n) is 3.42. The second kappa shape index (κ2) is 6.62. The van der Waals surface area contributed by atoms with Crippen molar-refractivity contribution in [2.45, 2.75) is 6.54 Å². The van der Waals surface area contributed by atoms with Crippen LogP contribution in [0.3, 0.4) is 0 Å². The van der Waals surface area contributed by atoms with Gasteiger partial charge in [0.05, 0.1) is 5.69 Å². The van der Waals surface area contributed by atoms with Crippen molar-refractivity contribution >= 4 is 17.5 Å². The normalized spacial score (nSPS) is 10.5. The number of nitrogens with zero attached hydrogens (tertiary/aromatic N) is 3. The zero-order chi connectivity index (χ0) is 16.2. The fraction of sp³-hybridized carbons (Fsp3) is 0.118. The first-order valence-corrected chi connectivity index (χ1v) is 7.47. The van der Waals surface area contributed by atoms with E-state index >= 15 is 0 Å². The van der Waals surface area contributed by atoms with Gasteiger partial charge in [-0.2, -0.15) is 5.10 Å². The zero-order valence-corrected chi connectivity index (χ0v) is 13.3. The number of carbonyl (C=O) groups is 1. The largest absolute Gasteiger partial charge is 0.336 e. The molecule has 1 aromatic carbocycles. The van der Waals surface area contributed by atoms with Gasteiger partial charge in [0.25, 0.3) is 5.91 Å². The Bertz CT molecular complexity index is 816. The first-order valence-electron chi connectivity index (χ1n) is 7.09. The van der Waals surface area contributed by atoms with Crippen molar-refractivity contribution in [2.24, 2.45) is 0 Å². The van der Waals surface area contributed by atoms with Crippen molar-refractivity contribution in [2.75, 3.05) is 7.05 Å². The zero-order valence-electron chi connectivity index (χ0n) is 12.5. The first-order chi connectivity index (χ1) is 11.1. The van der Waals surface area contributed by atoms with Crippen LogP contribution in [0.25, 0.3) is 11.3 Å². The molecule has 1 amide bonds. The number of amides is 1. The summed E-state index contributed by atoms with van der Waals surface area (Å²) in [5.74, 6) is -0.130. The highest BCUT2D eigenvalue weighted by Gasteiger charge is 2.15. The monoisotopic (exact) mass is 326 g/mol. The highest BCUT2D eigenvalue weighted by molar-refractivity contribution is 6.30. The Morgan fingerprint density at radius 2 is 2.13 bits per heavy atom. The number of pyridine rings is 1. The van der Waals surface area contributed by atoms with E-state index in [-0.39, 0.29) is 5.91 Å². The topological polar surface area (TPSA) is 61.9 Å². The first kappa shape index (κ1) is 15.2. The smallest absolute Gasteiger partial charge is 0.271 e. The van der Waals surface area contributed by atoms with Gasteiger partial charge in [0.1, 0.15) is 5.69 Å². The molecule has 5 nitrogen and oxygen atoms in total. The van der Waals surface area contributed by atoms with E-state index in [0.29, 0.717) is 23.0 Å². The van der Waals surface area contributed by atoms with Crippen LogP contribution in [0.4, 0.5) is 0 Å². The Morgan fingerprint density at radius 3 is 2.87 bits per heavy atom. The number of aromatic nitrogens is 3. The summed E-state index contributed by atoms with van der Waals surface area (Å²) in [6.45, 7) is 0.484. The molecule has 2 heterocycles. The van der Waals surface area contributed by atoms with Crippen molar-refractivity contribution in [3.05, 3.63) is 71.1 Å². The minimum atomic E-state index is -0.130. The molecule has 0 aliphatic carbocycles. The minimum Gasteiger partial charge on any atom is -0.336 e. The van der Waals surface area contributed by atoms with E-state index in [0.717, 1.165) is 11.1 Å². The van der Waals surface area contributed by atoms with Crippen molar-refractivity contribution in [3.63, 3.8) is 0 Å². The molecule has 1 N–H and O–H groups in total. The number of nitrogens with one attached hydrogen (secondary N) is 1. The Hall–Kier alpha value is -2.66. The van der Waals surface area contributed by atoms with Gasteiger partial charge in [0.15, 0.2) is 0 Å². The molecule has 2 aromatic heterocycles. The number of benzene rings is 1. The van der Waals surface area contributed by atoms with Gasteiger partial charge in [-0.3, -0.25) is 14.9 Å². The summed E-state index contributed by atoms with van der Waals surface area (Å²) in [6.07, 6.45) is 3.45. The molecule has 0 aliphatic rings. The SMILES string of the molecule is CN(Cc1cccnc1)C(=O)c1cc(-c2cccc(Cl)c2)n[nH]1. The van der Waals surface area contributed by atoms with Gasteiger partial charge >= 0.3 is 0 Å². The lowest BCUT2D eigenvalue weighted by Crippen LogP contribution is -2.26. The van der Waals surface area contributed by atoms with Crippen LogP contribution in [0.15, 0.2) is 54.9 Å². The van der Waals surface area contributed by atoms with Gasteiger partial charge in [-0.1, -0.05) is 29.8 Å². The summed E-state index contributed by atoms with van der Waals surface area (Å²) in [5, 5.41) is 7.62. The quantitative estimate of drug-likeness (QED) is 0.799. The molecule has 3 rings (SSSR count). The van der Waals surface area contributed by atoms with Crippen LogP contribution < -0.4 is 0 Å². The summed E-state index contributed by atoms with van der Waals surface area (Å²) in [5.41, 5.74) is 2.96. The molecule has 0 aliphatic heterocycles. The average molecular weight is 327 g/mol. The lowest BCUT2D eigenvalue weighted by atomic mass is 10.1. The van der Waals surface area contributed by atoms with Gasteiger partial charge in [-0.05, 0) is 29.8 Å². The number of hydrogen-bond acceptors (Lipinski definition) is 3. The molecule has 6 heteroatoms. The molecule has 0 unspecified atom stereocenters. The highest BCUT2D eigenvalue weighted by atomic mass is 35.5. The van der Waals surface area contributed by atoms with Crippen molar-refractivity contribution in [1.82, 2.24) is 20.1 Å². The Balaban J connectivity index is 1.76. The van der Waals surface area contributed by atoms with Crippen LogP contribution in [0.1, 0.15) is 16.1 Å². The van der Waals surface area contributed by atoms with Crippen LogP contribution in [0.2, 0.25) is 5.02 Å². The van der Waals surface area contributed by atoms with Gasteiger partial charge in [0.2, 0.25) is 0 Å². The summed E-state index contributed by atoms with van der Waals surface area (Å²) >= 11 is 5.99. The predicted octanol–water partition coefficient (Wildman–Crippen LogP) is 3.40. The molecule has 0 atom stereocenters. The van der Waals surface area contributed by atoms with Gasteiger partial charge in [-0.25, -0.2) is 0 Å². The number of H-pyrrole nitrogens is 1. The fourth-order valence-electron chi connectivity index (χ4n) is 2.27. The summed E-state index contributed by atoms with van der Waals surface area (Å²) in [7, 11) is 1.75. The summed E-state index contributed by atoms with van der Waals surface area (Å²) in [4.78, 5) is 18.1. The van der Waals surface area contributed by atoms with Crippen LogP contribution in [-0.2, 0) is 6.54 Å². The van der Waals surface area contributed by atoms with Gasteiger partial charge in [0, 0.05) is 36.6 Å². The standard InChI is InChI=1S/C17H15ClN4O/c1-22(11-12-4-3-7-19-10-12)17(23)16-9-15(20-21-16)13-5-2-6-14(18)8-13/h2-10H,11H2,1H3,(H,20,21). The number of rotatable bonds is 4. The van der Waals surface area contributed by atoms with Gasteiger partial charge in [-0.15, -0.1) is 0 Å². The third-order valence-corrected chi connectivity index (χ3v) is 3.65. The molecule has 3 aromatic rings. The molecular weight excluding hydrogens is 312 g/mol. The molecule has 0 spiro atoms. The van der Waals surface area contributed by atoms with E-state index < -0.39 is 0 Å². The summed E-state index contributed by atoms with van der Waals surface area (Å²) < 4.78 is 0. The fourth-order valence-corrected chi connectivity index (χ4v) is 2.46. The van der Waals surface area contributed by atoms with E-state index in [2.05, 4.69) is 15.2 Å². The van der Waals surface area contributed by atoms with Crippen molar-refractivity contribution < 1.29 is 4.79 Å². The highest BCUT2D eigenvalue weighted by Crippen LogP contribution is 2.21. The average Bonchev–Trinajstić information content (AvgIpc) is 3.05. The molecule has 116 valence electrons. The van der Waals surface area contributed by atoms with E-state index in [1.165, 1.54) is 0 Å². The molecular formula is C17H15ClN4O. The molecule has 0 radical (unpaired) electrons. The lowest BCUT2D eigenvalue weighted by molar-refractivity contribution is 0.0779. The Kier molecular flexibility index (Phi) is 4.39. The van der Waals surface area contributed by atoms with Crippen LogP contribution >= 0.6 is 11.6 Å². The molecule has 0 saturated heterocycles. The number of halogens is 1. The second-order valence-electron chi connectivity index (χ2n) is 5.20. The van der Waals surface area contributed by atoms with Crippen molar-refractivity contribution in [3.8, 4) is 11.3 Å². The molecule has 23 heavy (non-hydrogen) atoms. The summed E-state index contributed by atoms with van der Waals surface area (Å²) in [6, 6.07) is 12.9. The number of carbonyl (C=O) groups excluding carboxylic acids is 1. The Morgan fingerprint density at radius 1 is 1.26 bits per heavy atom. The van der Waals surface area contributed by atoms with E-state index in [4.69, 9.17) is 11.6 Å². The maximum atomic E-state index is 12.5. The van der Waals surface area contributed by atoms with Gasteiger partial charge < -0.3 is 4.90 Å². The van der Waals surface area contributed by atoms with E-state index in [9.17, 15) is 4.79 Å². The van der Waals surface area contributed by atoms with E-state index in [1.807, 2.05) is 30.3 Å². The Labute approximate surface area is 138 Å². The molecule has 0 fully saturated rings. The minimum absolute atomic E-state index is 0.130. The second-order valence-corrected chi connectivity index (χ2v) is 5.64. The molecule has 0 saturated carbocycles. The van der Waals surface area contributed by atoms with Crippen LogP contribution in [-0.4, -0.2) is 33.0 Å². The molecule has 0 bridgehead atoms. The van der Waals surface area contributed by atoms with Crippen LogP contribution in [0, 0.1) is 0 Å². The maximum Gasteiger partial charge on any atom is 0.271 e. The predicted molar refractivity (Wildman–Crippen MR) is 89.1 cm³/mol. The van der Waals surface area contributed by atoms with Crippen molar-refractivity contribution in [1.29, 1.82) is 0 Å². The number of aromatic amines is 1. The number of hydrogen-bond donors (Lipinski definition) is 1. The maximum absolute atomic E-state index is 12.5. The van der Waals surface area contributed by atoms with E-state index in [1.54, 1.807) is 36.5 Å².